The normalized spacial score (nSPS) is 17.0. The topological polar surface area (TPSA) is 86.6 Å². The second-order valence-electron chi connectivity index (χ2n) is 8.58. The van der Waals surface area contributed by atoms with Crippen molar-refractivity contribution in [2.75, 3.05) is 17.3 Å². The van der Waals surface area contributed by atoms with Crippen molar-refractivity contribution in [3.63, 3.8) is 0 Å². The number of hydrogen-bond acceptors (Lipinski definition) is 8. The molecule has 1 fully saturated rings. The van der Waals surface area contributed by atoms with Crippen LogP contribution in [0.3, 0.4) is 0 Å². The van der Waals surface area contributed by atoms with Crippen molar-refractivity contribution >= 4 is 39.9 Å². The molecule has 3 aromatic rings. The van der Waals surface area contributed by atoms with Crippen LogP contribution in [0.15, 0.2) is 34.7 Å². The van der Waals surface area contributed by atoms with Gasteiger partial charge in [0.2, 0.25) is 11.0 Å². The maximum atomic E-state index is 13.0. The molecule has 10 heteroatoms. The lowest BCUT2D eigenvalue weighted by atomic mass is 10.2. The van der Waals surface area contributed by atoms with Crippen molar-refractivity contribution in [2.45, 2.75) is 56.6 Å². The van der Waals surface area contributed by atoms with Gasteiger partial charge in [-0.05, 0) is 44.9 Å². The fraction of sp³-hybridized carbons (Fsp3) is 0.417. The Morgan fingerprint density at radius 2 is 1.97 bits per heavy atom. The van der Waals surface area contributed by atoms with Crippen molar-refractivity contribution < 1.29 is 19.1 Å². The maximum absolute atomic E-state index is 13.0. The van der Waals surface area contributed by atoms with Gasteiger partial charge in [0.05, 0.1) is 12.3 Å². The second-order valence-corrected chi connectivity index (χ2v) is 10.8. The van der Waals surface area contributed by atoms with E-state index in [1.54, 1.807) is 11.8 Å². The van der Waals surface area contributed by atoms with Crippen molar-refractivity contribution in [2.24, 2.45) is 0 Å². The van der Waals surface area contributed by atoms with Crippen LogP contribution >= 0.6 is 23.1 Å². The number of benzene rings is 1. The van der Waals surface area contributed by atoms with E-state index in [1.165, 1.54) is 23.1 Å². The predicted octanol–water partition coefficient (Wildman–Crippen LogP) is 4.29. The quantitative estimate of drug-likeness (QED) is 0.260. The molecule has 1 aliphatic heterocycles. The highest BCUT2D eigenvalue weighted by atomic mass is 32.2. The van der Waals surface area contributed by atoms with E-state index < -0.39 is 0 Å². The summed E-state index contributed by atoms with van der Waals surface area (Å²) in [7, 11) is 0. The summed E-state index contributed by atoms with van der Waals surface area (Å²) in [4.78, 5) is 26.7. The summed E-state index contributed by atoms with van der Waals surface area (Å²) in [6.45, 7) is 6.58. The van der Waals surface area contributed by atoms with E-state index >= 15 is 0 Å². The zero-order valence-electron chi connectivity index (χ0n) is 19.3. The average molecular weight is 499 g/mol. The van der Waals surface area contributed by atoms with Gasteiger partial charge in [0.25, 0.3) is 0 Å². The molecule has 0 bridgehead atoms. The number of anilines is 1. The minimum atomic E-state index is -0.132. The summed E-state index contributed by atoms with van der Waals surface area (Å²) >= 11 is 2.72. The molecule has 2 aromatic heterocycles. The molecule has 34 heavy (non-hydrogen) atoms. The zero-order chi connectivity index (χ0) is 23.8. The number of Topliss-reactive ketones (excluding diaryl/α,β-unsaturated/α-hetero) is 1. The Labute approximate surface area is 206 Å². The summed E-state index contributed by atoms with van der Waals surface area (Å²) in [5.41, 5.74) is 2.63. The highest BCUT2D eigenvalue weighted by molar-refractivity contribution is 8.01. The lowest BCUT2D eigenvalue weighted by Crippen LogP contribution is -2.33. The molecule has 1 aromatic carbocycles. The first-order valence-electron chi connectivity index (χ1n) is 11.2. The molecule has 0 N–H and O–H groups in total. The van der Waals surface area contributed by atoms with Crippen molar-refractivity contribution in [1.29, 1.82) is 0 Å². The molecule has 8 nitrogen and oxygen atoms in total. The zero-order valence-corrected chi connectivity index (χ0v) is 20.9. The van der Waals surface area contributed by atoms with Crippen LogP contribution in [0.1, 0.15) is 41.5 Å². The molecule has 1 unspecified atom stereocenters. The SMILES string of the molecule is CC(=O)N(c1nnc(SCC(=O)c2cc(C)n(CC3COc4ccccc4O3)c2C)s1)C1CC1. The van der Waals surface area contributed by atoms with Gasteiger partial charge < -0.3 is 14.0 Å². The van der Waals surface area contributed by atoms with Gasteiger partial charge in [-0.3, -0.25) is 14.5 Å². The number of fused-ring (bicyclic) bond motifs is 1. The smallest absolute Gasteiger partial charge is 0.225 e. The summed E-state index contributed by atoms with van der Waals surface area (Å²) < 4.78 is 14.7. The second kappa shape index (κ2) is 9.42. The average Bonchev–Trinajstić information content (AvgIpc) is 3.47. The third kappa shape index (κ3) is 4.69. The van der Waals surface area contributed by atoms with Crippen LogP contribution in [-0.4, -0.2) is 51.0 Å². The number of para-hydroxylation sites is 2. The first-order valence-corrected chi connectivity index (χ1v) is 13.1. The van der Waals surface area contributed by atoms with Gasteiger partial charge in [0.15, 0.2) is 27.7 Å². The van der Waals surface area contributed by atoms with Crippen LogP contribution in [0.2, 0.25) is 0 Å². The molecule has 0 radical (unpaired) electrons. The third-order valence-electron chi connectivity index (χ3n) is 6.01. The number of aromatic nitrogens is 3. The van der Waals surface area contributed by atoms with E-state index in [4.69, 9.17) is 9.47 Å². The minimum absolute atomic E-state index is 0.0189. The van der Waals surface area contributed by atoms with Gasteiger partial charge in [0, 0.05) is 29.9 Å². The van der Waals surface area contributed by atoms with Crippen molar-refractivity contribution in [3.05, 3.63) is 47.3 Å². The standard InChI is InChI=1S/C24H26N4O4S2/c1-14-10-19(15(2)27(14)11-18-12-31-21-6-4-5-7-22(21)32-18)20(30)13-33-24-26-25-23(34-24)28(16(3)29)17-8-9-17/h4-7,10,17-18H,8-9,11-13H2,1-3H3. The number of ether oxygens (including phenoxy) is 2. The summed E-state index contributed by atoms with van der Waals surface area (Å²) in [6, 6.07) is 9.83. The first kappa shape index (κ1) is 22.9. The summed E-state index contributed by atoms with van der Waals surface area (Å²) in [5, 5.41) is 8.97. The largest absolute Gasteiger partial charge is 0.486 e. The van der Waals surface area contributed by atoms with Gasteiger partial charge >= 0.3 is 0 Å². The van der Waals surface area contributed by atoms with E-state index in [9.17, 15) is 9.59 Å². The Morgan fingerprint density at radius 1 is 1.21 bits per heavy atom. The molecular weight excluding hydrogens is 472 g/mol. The molecule has 2 aliphatic rings. The van der Waals surface area contributed by atoms with E-state index in [1.807, 2.05) is 44.2 Å². The number of ketones is 1. The number of nitrogens with zero attached hydrogens (tertiary/aromatic N) is 4. The molecule has 5 rings (SSSR count). The van der Waals surface area contributed by atoms with Crippen molar-refractivity contribution in [1.82, 2.24) is 14.8 Å². The lowest BCUT2D eigenvalue weighted by molar-refractivity contribution is -0.116. The number of carbonyl (C=O) groups is 2. The van der Waals surface area contributed by atoms with Crippen molar-refractivity contribution in [3.8, 4) is 11.5 Å². The van der Waals surface area contributed by atoms with E-state index in [0.717, 1.165) is 35.7 Å². The number of rotatable bonds is 8. The Morgan fingerprint density at radius 3 is 2.71 bits per heavy atom. The molecule has 1 amide bonds. The molecule has 1 atom stereocenters. The molecule has 1 aliphatic carbocycles. The Balaban J connectivity index is 1.22. The Hall–Kier alpha value is -2.85. The lowest BCUT2D eigenvalue weighted by Gasteiger charge is -2.27. The first-order chi connectivity index (χ1) is 16.4. The third-order valence-corrected chi connectivity index (χ3v) is 8.06. The predicted molar refractivity (Wildman–Crippen MR) is 131 cm³/mol. The van der Waals surface area contributed by atoms with Crippen LogP contribution in [0.4, 0.5) is 5.13 Å². The fourth-order valence-electron chi connectivity index (χ4n) is 4.17. The van der Waals surface area contributed by atoms with Crippen LogP contribution < -0.4 is 14.4 Å². The molecule has 3 heterocycles. The molecule has 1 saturated carbocycles. The van der Waals surface area contributed by atoms with Crippen LogP contribution in [0, 0.1) is 13.8 Å². The fourth-order valence-corrected chi connectivity index (χ4v) is 6.01. The molecule has 0 saturated heterocycles. The molecular formula is C24H26N4O4S2. The van der Waals surface area contributed by atoms with Gasteiger partial charge in [-0.1, -0.05) is 35.2 Å². The number of carbonyl (C=O) groups excluding carboxylic acids is 2. The summed E-state index contributed by atoms with van der Waals surface area (Å²) in [6.07, 6.45) is 1.87. The number of thioether (sulfide) groups is 1. The number of amides is 1. The highest BCUT2D eigenvalue weighted by Gasteiger charge is 2.34. The van der Waals surface area contributed by atoms with Gasteiger partial charge in [-0.2, -0.15) is 0 Å². The Kier molecular flexibility index (Phi) is 6.35. The monoisotopic (exact) mass is 498 g/mol. The highest BCUT2D eigenvalue weighted by Crippen LogP contribution is 2.36. The number of hydrogen-bond donors (Lipinski definition) is 0. The van der Waals surface area contributed by atoms with Gasteiger partial charge in [0.1, 0.15) is 6.61 Å². The van der Waals surface area contributed by atoms with E-state index in [0.29, 0.717) is 28.2 Å². The number of aryl methyl sites for hydroxylation is 1. The summed E-state index contributed by atoms with van der Waals surface area (Å²) in [5.74, 6) is 1.79. The van der Waals surface area contributed by atoms with Gasteiger partial charge in [-0.25, -0.2) is 0 Å². The Bertz CT molecular complexity index is 1230. The van der Waals surface area contributed by atoms with Crippen LogP contribution in [0.5, 0.6) is 11.5 Å². The molecule has 0 spiro atoms. The van der Waals surface area contributed by atoms with Gasteiger partial charge in [-0.15, -0.1) is 10.2 Å². The van der Waals surface area contributed by atoms with E-state index in [-0.39, 0.29) is 29.6 Å². The minimum Gasteiger partial charge on any atom is -0.486 e. The van der Waals surface area contributed by atoms with E-state index in [2.05, 4.69) is 14.8 Å². The molecule has 178 valence electrons. The van der Waals surface area contributed by atoms with Crippen LogP contribution in [-0.2, 0) is 11.3 Å². The van der Waals surface area contributed by atoms with Crippen LogP contribution in [0.25, 0.3) is 0 Å². The maximum Gasteiger partial charge on any atom is 0.225 e.